The van der Waals surface area contributed by atoms with Crippen molar-refractivity contribution in [3.8, 4) is 17.0 Å². The van der Waals surface area contributed by atoms with Crippen molar-refractivity contribution in [3.63, 3.8) is 0 Å². The molecule has 8 heteroatoms. The van der Waals surface area contributed by atoms with Gasteiger partial charge >= 0.3 is 0 Å². The molecule has 0 saturated carbocycles. The number of carbonyl (C=O) groups is 2. The fourth-order valence-electron chi connectivity index (χ4n) is 4.12. The van der Waals surface area contributed by atoms with Crippen LogP contribution in [0.3, 0.4) is 0 Å². The second-order valence-corrected chi connectivity index (χ2v) is 8.45. The largest absolute Gasteiger partial charge is 0.497 e. The van der Waals surface area contributed by atoms with Crippen molar-refractivity contribution in [2.24, 2.45) is 5.92 Å². The van der Waals surface area contributed by atoms with E-state index >= 15 is 0 Å². The second-order valence-electron chi connectivity index (χ2n) is 8.45. The Labute approximate surface area is 209 Å². The predicted molar refractivity (Wildman–Crippen MR) is 139 cm³/mol. The smallest absolute Gasteiger partial charge is 0.229 e. The molecule has 180 valence electrons. The molecule has 4 aromatic rings. The Morgan fingerprint density at radius 2 is 1.67 bits per heavy atom. The monoisotopic (exact) mass is 479 g/mol. The summed E-state index contributed by atoms with van der Waals surface area (Å²) in [5.41, 5.74) is 4.08. The van der Waals surface area contributed by atoms with Crippen LogP contribution in [-0.2, 0) is 9.59 Å². The molecule has 1 saturated heterocycles. The first-order chi connectivity index (χ1) is 17.6. The van der Waals surface area contributed by atoms with E-state index in [0.717, 1.165) is 22.6 Å². The molecule has 2 amide bonds. The normalized spacial score (nSPS) is 15.0. The molecular formula is C28H25N5O3. The molecule has 0 spiro atoms. The lowest BCUT2D eigenvalue weighted by Crippen LogP contribution is -2.28. The number of hydrogen-bond donors (Lipinski definition) is 2. The van der Waals surface area contributed by atoms with Crippen molar-refractivity contribution in [1.29, 1.82) is 0 Å². The van der Waals surface area contributed by atoms with Crippen molar-refractivity contribution in [2.75, 3.05) is 29.2 Å². The maximum absolute atomic E-state index is 12.8. The van der Waals surface area contributed by atoms with E-state index in [2.05, 4.69) is 20.6 Å². The summed E-state index contributed by atoms with van der Waals surface area (Å²) in [5.74, 6) is 0.718. The molecule has 1 aromatic heterocycles. The van der Waals surface area contributed by atoms with Crippen LogP contribution in [0.4, 0.5) is 22.9 Å². The summed E-state index contributed by atoms with van der Waals surface area (Å²) in [4.78, 5) is 35.6. The third-order valence-electron chi connectivity index (χ3n) is 6.04. The number of rotatable bonds is 7. The lowest BCUT2D eigenvalue weighted by molar-refractivity contribution is -0.122. The maximum atomic E-state index is 12.8. The molecular weight excluding hydrogens is 454 g/mol. The van der Waals surface area contributed by atoms with Gasteiger partial charge in [-0.15, -0.1) is 0 Å². The Hall–Kier alpha value is -4.72. The fourth-order valence-corrected chi connectivity index (χ4v) is 4.12. The maximum Gasteiger partial charge on any atom is 0.229 e. The van der Waals surface area contributed by atoms with Gasteiger partial charge in [-0.1, -0.05) is 30.3 Å². The van der Waals surface area contributed by atoms with Crippen LogP contribution >= 0.6 is 0 Å². The number of anilines is 4. The predicted octanol–water partition coefficient (Wildman–Crippen LogP) is 4.89. The van der Waals surface area contributed by atoms with E-state index in [-0.39, 0.29) is 18.2 Å². The SMILES string of the molecule is COc1ccc(N2CC(C(=O)Nc3ccc(Nc4cc(-c5ccccc5)ncn4)cc3)CC2=O)cc1. The van der Waals surface area contributed by atoms with Crippen LogP contribution in [0.5, 0.6) is 5.75 Å². The second kappa shape index (κ2) is 10.3. The molecule has 1 unspecified atom stereocenters. The Kier molecular flexibility index (Phi) is 6.57. The lowest BCUT2D eigenvalue weighted by atomic mass is 10.1. The minimum atomic E-state index is -0.421. The average molecular weight is 480 g/mol. The first-order valence-electron chi connectivity index (χ1n) is 11.6. The summed E-state index contributed by atoms with van der Waals surface area (Å²) in [7, 11) is 1.59. The first kappa shape index (κ1) is 23.0. The average Bonchev–Trinajstić information content (AvgIpc) is 3.32. The van der Waals surface area contributed by atoms with Gasteiger partial charge in [-0.3, -0.25) is 9.59 Å². The molecule has 2 heterocycles. The van der Waals surface area contributed by atoms with Gasteiger partial charge in [0.2, 0.25) is 11.8 Å². The molecule has 1 aliphatic heterocycles. The fraction of sp³-hybridized carbons (Fsp3) is 0.143. The van der Waals surface area contributed by atoms with Gasteiger partial charge in [-0.2, -0.15) is 0 Å². The molecule has 3 aromatic carbocycles. The summed E-state index contributed by atoms with van der Waals surface area (Å²) in [6, 6.07) is 26.4. The molecule has 1 aliphatic rings. The summed E-state index contributed by atoms with van der Waals surface area (Å²) < 4.78 is 5.17. The van der Waals surface area contributed by atoms with Crippen LogP contribution in [0.2, 0.25) is 0 Å². The third-order valence-corrected chi connectivity index (χ3v) is 6.04. The van der Waals surface area contributed by atoms with Gasteiger partial charge in [0, 0.05) is 41.7 Å². The minimum Gasteiger partial charge on any atom is -0.497 e. The number of amides is 2. The zero-order valence-electron chi connectivity index (χ0n) is 19.7. The molecule has 0 aliphatic carbocycles. The van der Waals surface area contributed by atoms with Crippen LogP contribution in [0.15, 0.2) is 91.3 Å². The number of benzene rings is 3. The first-order valence-corrected chi connectivity index (χ1v) is 11.6. The number of carbonyl (C=O) groups excluding carboxylic acids is 2. The van der Waals surface area contributed by atoms with Crippen LogP contribution in [-0.4, -0.2) is 35.4 Å². The van der Waals surface area contributed by atoms with E-state index in [9.17, 15) is 9.59 Å². The van der Waals surface area contributed by atoms with Gasteiger partial charge in [0.15, 0.2) is 0 Å². The van der Waals surface area contributed by atoms with Crippen molar-refractivity contribution in [3.05, 3.63) is 91.3 Å². The molecule has 1 atom stereocenters. The topological polar surface area (TPSA) is 96.5 Å². The number of nitrogens with one attached hydrogen (secondary N) is 2. The minimum absolute atomic E-state index is 0.0698. The number of aromatic nitrogens is 2. The highest BCUT2D eigenvalue weighted by atomic mass is 16.5. The van der Waals surface area contributed by atoms with E-state index in [1.54, 1.807) is 24.1 Å². The highest BCUT2D eigenvalue weighted by Gasteiger charge is 2.35. The Balaban J connectivity index is 1.19. The van der Waals surface area contributed by atoms with Crippen LogP contribution in [0.1, 0.15) is 6.42 Å². The number of methoxy groups -OCH3 is 1. The van der Waals surface area contributed by atoms with Gasteiger partial charge in [0.05, 0.1) is 18.7 Å². The van der Waals surface area contributed by atoms with E-state index in [4.69, 9.17) is 4.74 Å². The van der Waals surface area contributed by atoms with Crippen molar-refractivity contribution in [2.45, 2.75) is 6.42 Å². The van der Waals surface area contributed by atoms with Gasteiger partial charge in [-0.25, -0.2) is 9.97 Å². The Morgan fingerprint density at radius 3 is 2.39 bits per heavy atom. The Morgan fingerprint density at radius 1 is 0.944 bits per heavy atom. The molecule has 5 rings (SSSR count). The molecule has 8 nitrogen and oxygen atoms in total. The standard InChI is InChI=1S/C28H25N5O3/c1-36-24-13-11-23(12-14-24)33-17-20(15-27(33)34)28(35)32-22-9-7-21(8-10-22)31-26-16-25(29-18-30-26)19-5-3-2-4-6-19/h2-14,16,18,20H,15,17H2,1H3,(H,32,35)(H,29,30,31). The quantitative estimate of drug-likeness (QED) is 0.392. The van der Waals surface area contributed by atoms with Gasteiger partial charge < -0.3 is 20.3 Å². The summed E-state index contributed by atoms with van der Waals surface area (Å²) in [5, 5.41) is 6.19. The lowest BCUT2D eigenvalue weighted by Gasteiger charge is -2.17. The number of ether oxygens (including phenoxy) is 1. The number of hydrogen-bond acceptors (Lipinski definition) is 6. The number of nitrogens with zero attached hydrogens (tertiary/aromatic N) is 3. The van der Waals surface area contributed by atoms with Gasteiger partial charge in [-0.05, 0) is 48.5 Å². The van der Waals surface area contributed by atoms with E-state index in [1.165, 1.54) is 6.33 Å². The van der Waals surface area contributed by atoms with Crippen molar-refractivity contribution in [1.82, 2.24) is 9.97 Å². The van der Waals surface area contributed by atoms with Crippen LogP contribution in [0.25, 0.3) is 11.3 Å². The summed E-state index contributed by atoms with van der Waals surface area (Å²) >= 11 is 0. The van der Waals surface area contributed by atoms with E-state index < -0.39 is 5.92 Å². The van der Waals surface area contributed by atoms with Crippen molar-refractivity contribution < 1.29 is 14.3 Å². The molecule has 2 N–H and O–H groups in total. The zero-order valence-corrected chi connectivity index (χ0v) is 19.7. The summed E-state index contributed by atoms with van der Waals surface area (Å²) in [6.07, 6.45) is 1.70. The highest BCUT2D eigenvalue weighted by Crippen LogP contribution is 2.28. The van der Waals surface area contributed by atoms with E-state index in [0.29, 0.717) is 23.8 Å². The van der Waals surface area contributed by atoms with Crippen LogP contribution in [0, 0.1) is 5.92 Å². The van der Waals surface area contributed by atoms with E-state index in [1.807, 2.05) is 72.8 Å². The van der Waals surface area contributed by atoms with Crippen LogP contribution < -0.4 is 20.3 Å². The third kappa shape index (κ3) is 5.17. The zero-order chi connectivity index (χ0) is 24.9. The van der Waals surface area contributed by atoms with Gasteiger partial charge in [0.1, 0.15) is 17.9 Å². The van der Waals surface area contributed by atoms with Crippen molar-refractivity contribution >= 4 is 34.7 Å². The summed E-state index contributed by atoms with van der Waals surface area (Å²) in [6.45, 7) is 0.341. The van der Waals surface area contributed by atoms with Gasteiger partial charge in [0.25, 0.3) is 0 Å². The molecule has 0 bridgehead atoms. The Bertz CT molecular complexity index is 1360. The molecule has 0 radical (unpaired) electrons. The molecule has 1 fully saturated rings. The molecule has 36 heavy (non-hydrogen) atoms. The highest BCUT2D eigenvalue weighted by molar-refractivity contribution is 6.03.